The molecule has 1 rings (SSSR count). The molecule has 0 saturated carbocycles. The Morgan fingerprint density at radius 1 is 1.50 bits per heavy atom. The lowest BCUT2D eigenvalue weighted by molar-refractivity contribution is -0.146. The Bertz CT molecular complexity index is 240. The molecule has 0 aromatic heterocycles. The second kappa shape index (κ2) is 4.32. The Kier molecular flexibility index (Phi) is 3.35. The molecule has 1 unspecified atom stereocenters. The molecular formula is C9H17N3O2. The first-order valence-corrected chi connectivity index (χ1v) is 4.56. The monoisotopic (exact) mass is 199 g/mol. The second-order valence-corrected chi connectivity index (χ2v) is 3.72. The van der Waals surface area contributed by atoms with Gasteiger partial charge in [0.1, 0.15) is 0 Å². The Balaban J connectivity index is 2.52. The summed E-state index contributed by atoms with van der Waals surface area (Å²) in [5, 5.41) is 8.98. The maximum Gasteiger partial charge on any atom is 0.347 e. The second-order valence-electron chi connectivity index (χ2n) is 3.72. The van der Waals surface area contributed by atoms with Crippen molar-refractivity contribution < 1.29 is 9.90 Å². The van der Waals surface area contributed by atoms with Crippen LogP contribution in [0.15, 0.2) is 12.4 Å². The summed E-state index contributed by atoms with van der Waals surface area (Å²) in [4.78, 5) is 16.5. The molecule has 0 amide bonds. The molecule has 0 spiro atoms. The van der Waals surface area contributed by atoms with Crippen LogP contribution in [-0.2, 0) is 4.79 Å². The van der Waals surface area contributed by atoms with E-state index in [4.69, 9.17) is 5.11 Å². The fourth-order valence-electron chi connectivity index (χ4n) is 1.42. The van der Waals surface area contributed by atoms with Gasteiger partial charge in [-0.2, -0.15) is 0 Å². The fraction of sp³-hybridized carbons (Fsp3) is 0.667. The third-order valence-corrected chi connectivity index (χ3v) is 2.22. The van der Waals surface area contributed by atoms with Crippen molar-refractivity contribution in [2.45, 2.75) is 6.17 Å². The van der Waals surface area contributed by atoms with Crippen LogP contribution in [0.3, 0.4) is 0 Å². The Morgan fingerprint density at radius 2 is 2.14 bits per heavy atom. The first kappa shape index (κ1) is 10.8. The highest BCUT2D eigenvalue weighted by atomic mass is 16.4. The summed E-state index contributed by atoms with van der Waals surface area (Å²) in [5.74, 6) is -0.809. The average molecular weight is 199 g/mol. The van der Waals surface area contributed by atoms with Gasteiger partial charge in [0.05, 0.1) is 0 Å². The van der Waals surface area contributed by atoms with E-state index in [1.807, 2.05) is 30.1 Å². The molecule has 14 heavy (non-hydrogen) atoms. The average Bonchev–Trinajstić information content (AvgIpc) is 2.43. The van der Waals surface area contributed by atoms with E-state index in [0.717, 1.165) is 13.1 Å². The van der Waals surface area contributed by atoms with Crippen LogP contribution >= 0.6 is 0 Å². The van der Waals surface area contributed by atoms with Crippen molar-refractivity contribution >= 4 is 5.97 Å². The van der Waals surface area contributed by atoms with Crippen LogP contribution < -0.4 is 0 Å². The molecule has 1 heterocycles. The summed E-state index contributed by atoms with van der Waals surface area (Å²) in [6.07, 6.45) is 3.06. The summed E-state index contributed by atoms with van der Waals surface area (Å²) >= 11 is 0. The molecule has 0 fully saturated rings. The maximum absolute atomic E-state index is 10.9. The zero-order chi connectivity index (χ0) is 10.7. The van der Waals surface area contributed by atoms with E-state index in [1.54, 1.807) is 18.1 Å². The van der Waals surface area contributed by atoms with Crippen molar-refractivity contribution in [2.75, 3.05) is 34.2 Å². The molecule has 1 atom stereocenters. The van der Waals surface area contributed by atoms with E-state index in [1.165, 1.54) is 0 Å². The van der Waals surface area contributed by atoms with Gasteiger partial charge in [-0.3, -0.25) is 0 Å². The Hall–Kier alpha value is -1.23. The van der Waals surface area contributed by atoms with Gasteiger partial charge < -0.3 is 19.8 Å². The number of rotatable bonds is 4. The van der Waals surface area contributed by atoms with Gasteiger partial charge in [0.25, 0.3) is 0 Å². The normalized spacial score (nSPS) is 21.0. The van der Waals surface area contributed by atoms with E-state index in [9.17, 15) is 4.79 Å². The van der Waals surface area contributed by atoms with Crippen molar-refractivity contribution in [3.05, 3.63) is 12.4 Å². The minimum absolute atomic E-state index is 0.546. The summed E-state index contributed by atoms with van der Waals surface area (Å²) < 4.78 is 0. The van der Waals surface area contributed by atoms with E-state index in [-0.39, 0.29) is 0 Å². The van der Waals surface area contributed by atoms with Gasteiger partial charge in [-0.1, -0.05) is 0 Å². The molecule has 0 bridgehead atoms. The molecule has 5 nitrogen and oxygen atoms in total. The number of hydrogen-bond acceptors (Lipinski definition) is 4. The van der Waals surface area contributed by atoms with Gasteiger partial charge in [0.15, 0.2) is 0 Å². The zero-order valence-electron chi connectivity index (χ0n) is 8.84. The van der Waals surface area contributed by atoms with Crippen LogP contribution in [0.4, 0.5) is 0 Å². The van der Waals surface area contributed by atoms with E-state index in [0.29, 0.717) is 0 Å². The summed E-state index contributed by atoms with van der Waals surface area (Å²) in [6, 6.07) is 0. The van der Waals surface area contributed by atoms with E-state index >= 15 is 0 Å². The summed E-state index contributed by atoms with van der Waals surface area (Å²) in [6.45, 7) is 1.58. The highest BCUT2D eigenvalue weighted by Gasteiger charge is 2.29. The summed E-state index contributed by atoms with van der Waals surface area (Å²) in [5.41, 5.74) is 0. The van der Waals surface area contributed by atoms with Crippen LogP contribution in [0.1, 0.15) is 0 Å². The van der Waals surface area contributed by atoms with Crippen molar-refractivity contribution in [3.63, 3.8) is 0 Å². The molecule has 1 aliphatic heterocycles. The van der Waals surface area contributed by atoms with Crippen LogP contribution in [0, 0.1) is 0 Å². The van der Waals surface area contributed by atoms with E-state index < -0.39 is 12.1 Å². The van der Waals surface area contributed by atoms with Gasteiger partial charge in [-0.05, 0) is 14.1 Å². The molecule has 1 aliphatic rings. The van der Waals surface area contributed by atoms with Gasteiger partial charge in [-0.25, -0.2) is 4.79 Å². The minimum Gasteiger partial charge on any atom is -0.478 e. The van der Waals surface area contributed by atoms with Crippen LogP contribution in [0.25, 0.3) is 0 Å². The van der Waals surface area contributed by atoms with Gasteiger partial charge in [0.2, 0.25) is 6.17 Å². The number of aliphatic carboxylic acids is 1. The van der Waals surface area contributed by atoms with Gasteiger partial charge in [0, 0.05) is 32.5 Å². The largest absolute Gasteiger partial charge is 0.478 e. The summed E-state index contributed by atoms with van der Waals surface area (Å²) in [7, 11) is 5.71. The standard InChI is InChI=1S/C9H17N3O2/c1-10(2)4-6-12-7-5-11(3)8(12)9(13)14/h5,7-8H,4,6H2,1-3H3,(H,13,14). The molecule has 80 valence electrons. The van der Waals surface area contributed by atoms with Crippen molar-refractivity contribution in [1.29, 1.82) is 0 Å². The molecular weight excluding hydrogens is 182 g/mol. The van der Waals surface area contributed by atoms with Crippen molar-refractivity contribution in [2.24, 2.45) is 0 Å². The third-order valence-electron chi connectivity index (χ3n) is 2.22. The lowest BCUT2D eigenvalue weighted by atomic mass is 10.4. The van der Waals surface area contributed by atoms with Crippen molar-refractivity contribution in [1.82, 2.24) is 14.7 Å². The molecule has 0 saturated heterocycles. The third kappa shape index (κ3) is 2.38. The smallest absolute Gasteiger partial charge is 0.347 e. The van der Waals surface area contributed by atoms with Gasteiger partial charge in [-0.15, -0.1) is 0 Å². The van der Waals surface area contributed by atoms with Gasteiger partial charge >= 0.3 is 5.97 Å². The number of nitrogens with zero attached hydrogens (tertiary/aromatic N) is 3. The lowest BCUT2D eigenvalue weighted by Crippen LogP contribution is -2.45. The molecule has 1 N–H and O–H groups in total. The Labute approximate surface area is 84.2 Å². The predicted octanol–water partition coefficient (Wildman–Crippen LogP) is -0.323. The first-order valence-electron chi connectivity index (χ1n) is 4.56. The Morgan fingerprint density at radius 3 is 2.64 bits per heavy atom. The highest BCUT2D eigenvalue weighted by molar-refractivity contribution is 5.73. The SMILES string of the molecule is CN(C)CCN1C=CN(C)C1C(=O)O. The fourth-order valence-corrected chi connectivity index (χ4v) is 1.42. The maximum atomic E-state index is 10.9. The number of carboxylic acids is 1. The number of hydrogen-bond donors (Lipinski definition) is 1. The lowest BCUT2D eigenvalue weighted by Gasteiger charge is -2.27. The zero-order valence-corrected chi connectivity index (χ0v) is 8.84. The predicted molar refractivity (Wildman–Crippen MR) is 53.6 cm³/mol. The first-order chi connectivity index (χ1) is 6.52. The molecule has 0 radical (unpaired) electrons. The van der Waals surface area contributed by atoms with Crippen LogP contribution in [-0.4, -0.2) is 66.2 Å². The molecule has 0 aromatic carbocycles. The van der Waals surface area contributed by atoms with Crippen LogP contribution in [0.5, 0.6) is 0 Å². The molecule has 0 aromatic rings. The topological polar surface area (TPSA) is 47.0 Å². The molecule has 0 aliphatic carbocycles. The molecule has 5 heteroatoms. The number of likely N-dealkylation sites (N-methyl/N-ethyl adjacent to an activating group) is 2. The minimum atomic E-state index is -0.809. The number of carboxylic acid groups (broad SMARTS) is 1. The highest BCUT2D eigenvalue weighted by Crippen LogP contribution is 2.13. The van der Waals surface area contributed by atoms with E-state index in [2.05, 4.69) is 0 Å². The number of carbonyl (C=O) groups is 1. The quantitative estimate of drug-likeness (QED) is 0.672. The van der Waals surface area contributed by atoms with Crippen LogP contribution in [0.2, 0.25) is 0 Å². The van der Waals surface area contributed by atoms with Crippen molar-refractivity contribution in [3.8, 4) is 0 Å².